The maximum absolute atomic E-state index is 12.1. The van der Waals surface area contributed by atoms with Gasteiger partial charge in [-0.1, -0.05) is 29.8 Å². The number of carbonyl (C=O) groups excluding carboxylic acids is 1. The van der Waals surface area contributed by atoms with Gasteiger partial charge in [-0.2, -0.15) is 5.10 Å². The number of aromatic nitrogens is 4. The second kappa shape index (κ2) is 6.43. The second-order valence-electron chi connectivity index (χ2n) is 5.07. The summed E-state index contributed by atoms with van der Waals surface area (Å²) < 4.78 is 3.82. The van der Waals surface area contributed by atoms with Crippen molar-refractivity contribution in [3.8, 4) is 11.4 Å². The van der Waals surface area contributed by atoms with E-state index in [9.17, 15) is 4.79 Å². The SMILES string of the molecule is Cc1ccc(-c2nn(CC(=O)Nc3nccs3)c(=S)n2C)cc1. The largest absolute Gasteiger partial charge is 0.303 e. The zero-order valence-electron chi connectivity index (χ0n) is 12.7. The quantitative estimate of drug-likeness (QED) is 0.738. The lowest BCUT2D eigenvalue weighted by Gasteiger charge is -2.01. The van der Waals surface area contributed by atoms with Crippen LogP contribution in [0.2, 0.25) is 0 Å². The van der Waals surface area contributed by atoms with E-state index in [1.807, 2.05) is 38.2 Å². The van der Waals surface area contributed by atoms with Gasteiger partial charge in [-0.25, -0.2) is 9.67 Å². The molecule has 1 aromatic carbocycles. The van der Waals surface area contributed by atoms with E-state index >= 15 is 0 Å². The molecule has 0 aliphatic rings. The molecule has 0 unspecified atom stereocenters. The summed E-state index contributed by atoms with van der Waals surface area (Å²) in [5.74, 6) is 0.529. The highest BCUT2D eigenvalue weighted by molar-refractivity contribution is 7.71. The van der Waals surface area contributed by atoms with E-state index in [-0.39, 0.29) is 12.5 Å². The molecule has 2 heterocycles. The Kier molecular flexibility index (Phi) is 4.35. The Labute approximate surface area is 142 Å². The molecule has 23 heavy (non-hydrogen) atoms. The van der Waals surface area contributed by atoms with Crippen LogP contribution in [0.3, 0.4) is 0 Å². The number of nitrogens with zero attached hydrogens (tertiary/aromatic N) is 4. The fourth-order valence-corrected chi connectivity index (χ4v) is 2.86. The summed E-state index contributed by atoms with van der Waals surface area (Å²) >= 11 is 6.75. The molecule has 0 bridgehead atoms. The Bertz CT molecular complexity index is 878. The van der Waals surface area contributed by atoms with Crippen LogP contribution in [0.4, 0.5) is 5.13 Å². The normalized spacial score (nSPS) is 10.7. The van der Waals surface area contributed by atoms with E-state index in [4.69, 9.17) is 12.2 Å². The van der Waals surface area contributed by atoms with Gasteiger partial charge in [0.2, 0.25) is 5.91 Å². The zero-order chi connectivity index (χ0) is 16.4. The van der Waals surface area contributed by atoms with Crippen molar-refractivity contribution in [3.05, 3.63) is 46.2 Å². The number of hydrogen-bond acceptors (Lipinski definition) is 5. The topological polar surface area (TPSA) is 64.7 Å². The van der Waals surface area contributed by atoms with Crippen molar-refractivity contribution in [2.45, 2.75) is 13.5 Å². The van der Waals surface area contributed by atoms with Crippen LogP contribution in [0.5, 0.6) is 0 Å². The van der Waals surface area contributed by atoms with Gasteiger partial charge < -0.3 is 9.88 Å². The number of aryl methyl sites for hydroxylation is 1. The Hall–Kier alpha value is -2.32. The van der Waals surface area contributed by atoms with Crippen LogP contribution in [0, 0.1) is 11.7 Å². The van der Waals surface area contributed by atoms with Gasteiger partial charge in [0, 0.05) is 24.2 Å². The maximum atomic E-state index is 12.1. The molecule has 0 spiro atoms. The molecule has 1 N–H and O–H groups in total. The first-order valence-corrected chi connectivity index (χ1v) is 8.23. The Balaban J connectivity index is 1.83. The van der Waals surface area contributed by atoms with Crippen LogP contribution in [-0.4, -0.2) is 25.2 Å². The highest BCUT2D eigenvalue weighted by Crippen LogP contribution is 2.18. The van der Waals surface area contributed by atoms with Crippen LogP contribution in [0.15, 0.2) is 35.8 Å². The molecule has 3 rings (SSSR count). The third-order valence-electron chi connectivity index (χ3n) is 3.32. The first-order valence-electron chi connectivity index (χ1n) is 6.95. The molecule has 118 valence electrons. The second-order valence-corrected chi connectivity index (χ2v) is 6.33. The van der Waals surface area contributed by atoms with Gasteiger partial charge in [-0.15, -0.1) is 11.3 Å². The van der Waals surface area contributed by atoms with Crippen molar-refractivity contribution >= 4 is 34.6 Å². The summed E-state index contributed by atoms with van der Waals surface area (Å²) in [6.45, 7) is 2.09. The molecule has 0 saturated heterocycles. The van der Waals surface area contributed by atoms with Crippen LogP contribution < -0.4 is 5.32 Å². The first-order chi connectivity index (χ1) is 11.0. The predicted octanol–water partition coefficient (Wildman–Crippen LogP) is 3.02. The number of anilines is 1. The lowest BCUT2D eigenvalue weighted by molar-refractivity contribution is -0.116. The summed E-state index contributed by atoms with van der Waals surface area (Å²) in [6, 6.07) is 8.03. The molecular formula is C15H15N5OS2. The fourth-order valence-electron chi connectivity index (χ4n) is 2.12. The van der Waals surface area contributed by atoms with Crippen molar-refractivity contribution in [1.82, 2.24) is 19.3 Å². The van der Waals surface area contributed by atoms with E-state index in [1.54, 1.807) is 16.1 Å². The molecule has 1 amide bonds. The summed E-state index contributed by atoms with van der Waals surface area (Å²) in [6.07, 6.45) is 1.64. The van der Waals surface area contributed by atoms with Crippen molar-refractivity contribution in [1.29, 1.82) is 0 Å². The predicted molar refractivity (Wildman–Crippen MR) is 92.9 cm³/mol. The van der Waals surface area contributed by atoms with Crippen molar-refractivity contribution in [2.75, 3.05) is 5.32 Å². The molecule has 8 heteroatoms. The Morgan fingerprint density at radius 3 is 2.74 bits per heavy atom. The Morgan fingerprint density at radius 2 is 2.09 bits per heavy atom. The van der Waals surface area contributed by atoms with Gasteiger partial charge >= 0.3 is 0 Å². The van der Waals surface area contributed by atoms with E-state index < -0.39 is 0 Å². The lowest BCUT2D eigenvalue weighted by atomic mass is 10.1. The minimum Gasteiger partial charge on any atom is -0.303 e. The highest BCUT2D eigenvalue weighted by Gasteiger charge is 2.13. The minimum absolute atomic E-state index is 0.0537. The summed E-state index contributed by atoms with van der Waals surface area (Å²) in [7, 11) is 1.85. The minimum atomic E-state index is -0.204. The van der Waals surface area contributed by atoms with Gasteiger partial charge in [0.05, 0.1) is 0 Å². The zero-order valence-corrected chi connectivity index (χ0v) is 14.3. The molecular weight excluding hydrogens is 330 g/mol. The lowest BCUT2D eigenvalue weighted by Crippen LogP contribution is -2.19. The molecule has 0 aliphatic heterocycles. The molecule has 6 nitrogen and oxygen atoms in total. The fraction of sp³-hybridized carbons (Fsp3) is 0.200. The van der Waals surface area contributed by atoms with Crippen LogP contribution in [0.25, 0.3) is 11.4 Å². The van der Waals surface area contributed by atoms with Crippen molar-refractivity contribution in [2.24, 2.45) is 7.05 Å². The van der Waals surface area contributed by atoms with E-state index in [0.717, 1.165) is 11.4 Å². The summed E-state index contributed by atoms with van der Waals surface area (Å²) in [4.78, 5) is 16.1. The van der Waals surface area contributed by atoms with Gasteiger partial charge in [0.1, 0.15) is 6.54 Å². The van der Waals surface area contributed by atoms with Crippen molar-refractivity contribution in [3.63, 3.8) is 0 Å². The summed E-state index contributed by atoms with van der Waals surface area (Å²) in [5.41, 5.74) is 2.14. The van der Waals surface area contributed by atoms with E-state index in [2.05, 4.69) is 15.4 Å². The monoisotopic (exact) mass is 345 g/mol. The average molecular weight is 345 g/mol. The number of hydrogen-bond donors (Lipinski definition) is 1. The molecule has 3 aromatic rings. The number of carbonyl (C=O) groups is 1. The van der Waals surface area contributed by atoms with E-state index in [0.29, 0.717) is 9.90 Å². The number of thiazole rings is 1. The molecule has 0 aliphatic carbocycles. The number of amides is 1. The van der Waals surface area contributed by atoms with Gasteiger partial charge in [0.25, 0.3) is 0 Å². The number of rotatable bonds is 4. The standard InChI is InChI=1S/C15H15N5OS2/c1-10-3-5-11(6-4-10)13-18-20(15(22)19(13)2)9-12(21)17-14-16-7-8-23-14/h3-8H,9H2,1-2H3,(H,16,17,21). The average Bonchev–Trinajstić information content (AvgIpc) is 3.12. The van der Waals surface area contributed by atoms with Crippen molar-refractivity contribution < 1.29 is 4.79 Å². The molecule has 0 atom stereocenters. The molecule has 0 radical (unpaired) electrons. The van der Waals surface area contributed by atoms with Gasteiger partial charge in [-0.05, 0) is 19.1 Å². The first kappa shape index (κ1) is 15.6. The smallest absolute Gasteiger partial charge is 0.248 e. The third-order valence-corrected chi connectivity index (χ3v) is 4.50. The third kappa shape index (κ3) is 3.38. The van der Waals surface area contributed by atoms with Crippen LogP contribution in [-0.2, 0) is 18.4 Å². The van der Waals surface area contributed by atoms with Crippen LogP contribution >= 0.6 is 23.6 Å². The van der Waals surface area contributed by atoms with Gasteiger partial charge in [-0.3, -0.25) is 4.79 Å². The molecule has 0 fully saturated rings. The molecule has 2 aromatic heterocycles. The maximum Gasteiger partial charge on any atom is 0.248 e. The van der Waals surface area contributed by atoms with Gasteiger partial charge in [0.15, 0.2) is 15.7 Å². The number of benzene rings is 1. The highest BCUT2D eigenvalue weighted by atomic mass is 32.1. The number of nitrogens with one attached hydrogen (secondary N) is 1. The van der Waals surface area contributed by atoms with Crippen LogP contribution in [0.1, 0.15) is 5.56 Å². The molecule has 0 saturated carbocycles. The van der Waals surface area contributed by atoms with E-state index in [1.165, 1.54) is 21.6 Å². The summed E-state index contributed by atoms with van der Waals surface area (Å²) in [5, 5.41) is 9.57. The Morgan fingerprint density at radius 1 is 1.35 bits per heavy atom.